The van der Waals surface area contributed by atoms with E-state index in [1.54, 1.807) is 16.7 Å². The minimum atomic E-state index is -0.893. The molecule has 136 valence electrons. The predicted octanol–water partition coefficient (Wildman–Crippen LogP) is 4.43. The van der Waals surface area contributed by atoms with E-state index < -0.39 is 11.6 Å². The summed E-state index contributed by atoms with van der Waals surface area (Å²) in [6.45, 7) is 3.67. The quantitative estimate of drug-likeness (QED) is 0.695. The zero-order chi connectivity index (χ0) is 18.3. The Labute approximate surface area is 150 Å². The van der Waals surface area contributed by atoms with E-state index >= 15 is 0 Å². The van der Waals surface area contributed by atoms with E-state index in [1.807, 2.05) is 4.90 Å². The van der Waals surface area contributed by atoms with Crippen LogP contribution in [0.25, 0.3) is 11.1 Å². The van der Waals surface area contributed by atoms with E-state index in [4.69, 9.17) is 4.42 Å². The maximum absolute atomic E-state index is 14.1. The third kappa shape index (κ3) is 2.89. The van der Waals surface area contributed by atoms with Gasteiger partial charge in [-0.1, -0.05) is 19.1 Å². The number of rotatable bonds is 3. The SMILES string of the molecule is CC1CCN(C(=O)c2cc3occc3n2Cc2cccc(F)c2F)CC1. The number of amides is 1. The normalized spacial score (nSPS) is 15.7. The van der Waals surface area contributed by atoms with E-state index in [2.05, 4.69) is 6.92 Å². The molecule has 2 aromatic heterocycles. The van der Waals surface area contributed by atoms with Gasteiger partial charge < -0.3 is 13.9 Å². The van der Waals surface area contributed by atoms with Gasteiger partial charge in [-0.25, -0.2) is 8.78 Å². The van der Waals surface area contributed by atoms with Gasteiger partial charge in [0.1, 0.15) is 5.69 Å². The highest BCUT2D eigenvalue weighted by molar-refractivity contribution is 5.97. The lowest BCUT2D eigenvalue weighted by Crippen LogP contribution is -2.38. The van der Waals surface area contributed by atoms with Crippen molar-refractivity contribution >= 4 is 17.0 Å². The summed E-state index contributed by atoms with van der Waals surface area (Å²) in [7, 11) is 0. The highest BCUT2D eigenvalue weighted by Crippen LogP contribution is 2.26. The predicted molar refractivity (Wildman–Crippen MR) is 94.0 cm³/mol. The van der Waals surface area contributed by atoms with Crippen molar-refractivity contribution in [2.24, 2.45) is 5.92 Å². The van der Waals surface area contributed by atoms with Crippen LogP contribution in [0.2, 0.25) is 0 Å². The molecule has 0 N–H and O–H groups in total. The van der Waals surface area contributed by atoms with Crippen molar-refractivity contribution in [2.45, 2.75) is 26.3 Å². The first kappa shape index (κ1) is 16.8. The molecule has 0 spiro atoms. The largest absolute Gasteiger partial charge is 0.463 e. The molecule has 1 saturated heterocycles. The average Bonchev–Trinajstić information content (AvgIpc) is 3.21. The number of nitrogens with zero attached hydrogens (tertiary/aromatic N) is 2. The fraction of sp³-hybridized carbons (Fsp3) is 0.350. The first-order chi connectivity index (χ1) is 12.5. The Balaban J connectivity index is 1.71. The highest BCUT2D eigenvalue weighted by atomic mass is 19.2. The van der Waals surface area contributed by atoms with Gasteiger partial charge in [0.05, 0.1) is 18.3 Å². The van der Waals surface area contributed by atoms with Gasteiger partial charge in [0.2, 0.25) is 0 Å². The van der Waals surface area contributed by atoms with Crippen LogP contribution in [0, 0.1) is 17.6 Å². The lowest BCUT2D eigenvalue weighted by molar-refractivity contribution is 0.0687. The molecule has 6 heteroatoms. The Hall–Kier alpha value is -2.63. The molecule has 4 rings (SSSR count). The molecular weight excluding hydrogens is 338 g/mol. The molecule has 1 fully saturated rings. The summed E-state index contributed by atoms with van der Waals surface area (Å²) >= 11 is 0. The van der Waals surface area contributed by atoms with Gasteiger partial charge in [-0.3, -0.25) is 4.79 Å². The molecule has 0 aliphatic carbocycles. The third-order valence-corrected chi connectivity index (χ3v) is 5.17. The number of hydrogen-bond acceptors (Lipinski definition) is 2. The smallest absolute Gasteiger partial charge is 0.270 e. The van der Waals surface area contributed by atoms with Gasteiger partial charge in [0.15, 0.2) is 17.2 Å². The average molecular weight is 358 g/mol. The number of halogens is 2. The number of hydrogen-bond donors (Lipinski definition) is 0. The number of benzene rings is 1. The lowest BCUT2D eigenvalue weighted by atomic mass is 9.99. The zero-order valence-electron chi connectivity index (χ0n) is 14.5. The summed E-state index contributed by atoms with van der Waals surface area (Å²) in [6, 6.07) is 7.51. The summed E-state index contributed by atoms with van der Waals surface area (Å²) in [5.41, 5.74) is 1.90. The molecule has 0 saturated carbocycles. The summed E-state index contributed by atoms with van der Waals surface area (Å²) in [5, 5.41) is 0. The monoisotopic (exact) mass is 358 g/mol. The molecule has 3 aromatic rings. The van der Waals surface area contributed by atoms with E-state index in [1.165, 1.54) is 18.4 Å². The molecule has 0 unspecified atom stereocenters. The van der Waals surface area contributed by atoms with Crippen molar-refractivity contribution in [1.29, 1.82) is 0 Å². The molecule has 1 amide bonds. The van der Waals surface area contributed by atoms with Crippen LogP contribution in [0.5, 0.6) is 0 Å². The number of aromatic nitrogens is 1. The fourth-order valence-electron chi connectivity index (χ4n) is 3.54. The van der Waals surface area contributed by atoms with Crippen LogP contribution >= 0.6 is 0 Å². The number of carbonyl (C=O) groups excluding carboxylic acids is 1. The second-order valence-electron chi connectivity index (χ2n) is 6.97. The molecule has 1 aromatic carbocycles. The second kappa shape index (κ2) is 6.59. The van der Waals surface area contributed by atoms with Crippen molar-refractivity contribution in [2.75, 3.05) is 13.1 Å². The van der Waals surface area contributed by atoms with Crippen LogP contribution in [0.4, 0.5) is 8.78 Å². The summed E-state index contributed by atoms with van der Waals surface area (Å²) in [4.78, 5) is 14.9. The van der Waals surface area contributed by atoms with Gasteiger partial charge in [-0.15, -0.1) is 0 Å². The van der Waals surface area contributed by atoms with E-state index in [9.17, 15) is 13.6 Å². The summed E-state index contributed by atoms with van der Waals surface area (Å²) in [5.74, 6) is -1.26. The minimum Gasteiger partial charge on any atom is -0.463 e. The number of fused-ring (bicyclic) bond motifs is 1. The number of furan rings is 1. The molecule has 0 bridgehead atoms. The standard InChI is InChI=1S/C20H20F2N2O2/c1-13-5-8-23(9-6-13)20(25)17-11-18-16(7-10-26-18)24(17)12-14-3-2-4-15(21)19(14)22/h2-4,7,10-11,13H,5-6,8-9,12H2,1H3. The van der Waals surface area contributed by atoms with Crippen LogP contribution in [0.1, 0.15) is 35.8 Å². The molecular formula is C20H20F2N2O2. The van der Waals surface area contributed by atoms with Crippen molar-refractivity contribution < 1.29 is 18.0 Å². The fourth-order valence-corrected chi connectivity index (χ4v) is 3.54. The van der Waals surface area contributed by atoms with Gasteiger partial charge in [0, 0.05) is 30.8 Å². The first-order valence-electron chi connectivity index (χ1n) is 8.83. The van der Waals surface area contributed by atoms with Gasteiger partial charge in [-0.2, -0.15) is 0 Å². The molecule has 1 aliphatic heterocycles. The first-order valence-corrected chi connectivity index (χ1v) is 8.83. The van der Waals surface area contributed by atoms with Gasteiger partial charge in [-0.05, 0) is 24.8 Å². The van der Waals surface area contributed by atoms with Crippen molar-refractivity contribution in [3.05, 3.63) is 59.5 Å². The van der Waals surface area contributed by atoms with E-state index in [-0.39, 0.29) is 18.0 Å². The third-order valence-electron chi connectivity index (χ3n) is 5.17. The van der Waals surface area contributed by atoms with Crippen LogP contribution in [0.15, 0.2) is 41.0 Å². The topological polar surface area (TPSA) is 38.4 Å². The molecule has 3 heterocycles. The second-order valence-corrected chi connectivity index (χ2v) is 6.97. The Kier molecular flexibility index (Phi) is 4.26. The molecule has 0 atom stereocenters. The minimum absolute atomic E-state index is 0.0674. The van der Waals surface area contributed by atoms with Gasteiger partial charge in [0.25, 0.3) is 5.91 Å². The number of likely N-dealkylation sites (tertiary alicyclic amines) is 1. The Bertz CT molecular complexity index is 952. The van der Waals surface area contributed by atoms with Crippen molar-refractivity contribution in [3.63, 3.8) is 0 Å². The molecule has 26 heavy (non-hydrogen) atoms. The Morgan fingerprint density at radius 2 is 2.00 bits per heavy atom. The summed E-state index contributed by atoms with van der Waals surface area (Å²) < 4.78 is 34.8. The van der Waals surface area contributed by atoms with Crippen molar-refractivity contribution in [3.8, 4) is 0 Å². The maximum atomic E-state index is 14.1. The lowest BCUT2D eigenvalue weighted by Gasteiger charge is -2.30. The van der Waals surface area contributed by atoms with Gasteiger partial charge >= 0.3 is 0 Å². The molecule has 0 radical (unpaired) electrons. The Morgan fingerprint density at radius 1 is 1.23 bits per heavy atom. The van der Waals surface area contributed by atoms with Crippen LogP contribution < -0.4 is 0 Å². The summed E-state index contributed by atoms with van der Waals surface area (Å²) in [6.07, 6.45) is 3.47. The van der Waals surface area contributed by atoms with E-state index in [0.29, 0.717) is 35.8 Å². The zero-order valence-corrected chi connectivity index (χ0v) is 14.5. The van der Waals surface area contributed by atoms with Crippen LogP contribution in [0.3, 0.4) is 0 Å². The highest BCUT2D eigenvalue weighted by Gasteiger charge is 2.26. The number of carbonyl (C=O) groups is 1. The van der Waals surface area contributed by atoms with Crippen LogP contribution in [-0.2, 0) is 6.54 Å². The molecule has 4 nitrogen and oxygen atoms in total. The Morgan fingerprint density at radius 3 is 2.77 bits per heavy atom. The number of piperidine rings is 1. The molecule has 1 aliphatic rings. The van der Waals surface area contributed by atoms with Crippen molar-refractivity contribution in [1.82, 2.24) is 9.47 Å². The van der Waals surface area contributed by atoms with Crippen LogP contribution in [-0.4, -0.2) is 28.5 Å². The van der Waals surface area contributed by atoms with E-state index in [0.717, 1.165) is 18.9 Å². The maximum Gasteiger partial charge on any atom is 0.270 e.